The molecule has 0 unspecified atom stereocenters. The van der Waals surface area contributed by atoms with E-state index in [1.807, 2.05) is 36.4 Å². The Balaban J connectivity index is 1.45. The quantitative estimate of drug-likeness (QED) is 0.613. The second-order valence-electron chi connectivity index (χ2n) is 5.97. The summed E-state index contributed by atoms with van der Waals surface area (Å²) in [7, 11) is 0. The molecule has 25 heavy (non-hydrogen) atoms. The molecule has 0 radical (unpaired) electrons. The van der Waals surface area contributed by atoms with Crippen LogP contribution >= 0.6 is 0 Å². The van der Waals surface area contributed by atoms with Crippen molar-refractivity contribution in [3.63, 3.8) is 0 Å². The fourth-order valence-electron chi connectivity index (χ4n) is 2.57. The van der Waals surface area contributed by atoms with Crippen molar-refractivity contribution >= 4 is 6.08 Å². The molecule has 0 atom stereocenters. The molecule has 0 aromatic heterocycles. The molecule has 1 N–H and O–H groups in total. The lowest BCUT2D eigenvalue weighted by Crippen LogP contribution is -2.12. The zero-order valence-corrected chi connectivity index (χ0v) is 14.3. The van der Waals surface area contributed by atoms with E-state index in [-0.39, 0.29) is 0 Å². The fourth-order valence-corrected chi connectivity index (χ4v) is 2.57. The van der Waals surface area contributed by atoms with Crippen molar-refractivity contribution in [2.24, 2.45) is 0 Å². The predicted octanol–water partition coefficient (Wildman–Crippen LogP) is 5.20. The minimum Gasteiger partial charge on any atom is -0.489 e. The van der Waals surface area contributed by atoms with E-state index in [9.17, 15) is 0 Å². The molecule has 0 fully saturated rings. The van der Waals surface area contributed by atoms with Gasteiger partial charge in [-0.3, -0.25) is 0 Å². The first-order valence-corrected chi connectivity index (χ1v) is 8.51. The van der Waals surface area contributed by atoms with E-state index >= 15 is 0 Å². The molecule has 126 valence electrons. The highest BCUT2D eigenvalue weighted by Gasteiger charge is 1.98. The molecule has 0 aliphatic rings. The van der Waals surface area contributed by atoms with Crippen LogP contribution in [0.2, 0.25) is 0 Å². The Labute approximate surface area is 149 Å². The third kappa shape index (κ3) is 5.33. The highest BCUT2D eigenvalue weighted by molar-refractivity contribution is 5.47. The van der Waals surface area contributed by atoms with Gasteiger partial charge in [0.1, 0.15) is 12.4 Å². The maximum atomic E-state index is 5.85. The van der Waals surface area contributed by atoms with Crippen LogP contribution in [0.3, 0.4) is 0 Å². The Morgan fingerprint density at radius 1 is 0.720 bits per heavy atom. The third-order valence-electron chi connectivity index (χ3n) is 4.05. The number of nitrogens with one attached hydrogen (secondary N) is 1. The summed E-state index contributed by atoms with van der Waals surface area (Å²) in [6.45, 7) is 6.06. The largest absolute Gasteiger partial charge is 0.489 e. The number of hydrogen-bond donors (Lipinski definition) is 1. The maximum Gasteiger partial charge on any atom is 0.119 e. The Kier molecular flexibility index (Phi) is 6.02. The Hall–Kier alpha value is -2.84. The molecule has 2 nitrogen and oxygen atoms in total. The van der Waals surface area contributed by atoms with Crippen LogP contribution < -0.4 is 10.1 Å². The van der Waals surface area contributed by atoms with Crippen molar-refractivity contribution in [1.29, 1.82) is 0 Å². The van der Waals surface area contributed by atoms with Gasteiger partial charge >= 0.3 is 0 Å². The van der Waals surface area contributed by atoms with Crippen LogP contribution in [0, 0.1) is 0 Å². The van der Waals surface area contributed by atoms with E-state index in [1.165, 1.54) is 11.1 Å². The first kappa shape index (κ1) is 17.0. The lowest BCUT2D eigenvalue weighted by molar-refractivity contribution is 0.306. The summed E-state index contributed by atoms with van der Waals surface area (Å²) in [5, 5.41) is 3.46. The van der Waals surface area contributed by atoms with Crippen LogP contribution in [0.25, 0.3) is 6.08 Å². The topological polar surface area (TPSA) is 21.3 Å². The number of rotatable bonds is 8. The molecule has 2 heteroatoms. The number of benzene rings is 3. The van der Waals surface area contributed by atoms with Crippen LogP contribution in [-0.2, 0) is 19.7 Å². The van der Waals surface area contributed by atoms with Crippen molar-refractivity contribution in [1.82, 2.24) is 5.32 Å². The molecule has 3 rings (SSSR count). The number of hydrogen-bond acceptors (Lipinski definition) is 2. The summed E-state index contributed by atoms with van der Waals surface area (Å²) >= 11 is 0. The Morgan fingerprint density at radius 3 is 1.96 bits per heavy atom. The molecule has 0 bridgehead atoms. The molecule has 0 heterocycles. The second kappa shape index (κ2) is 8.86. The summed E-state index contributed by atoms with van der Waals surface area (Å²) in [6, 6.07) is 26.9. The van der Waals surface area contributed by atoms with Gasteiger partial charge in [0.05, 0.1) is 0 Å². The van der Waals surface area contributed by atoms with E-state index in [0.29, 0.717) is 6.61 Å². The molecule has 3 aromatic carbocycles. The minimum absolute atomic E-state index is 0.572. The average molecular weight is 329 g/mol. The van der Waals surface area contributed by atoms with Crippen molar-refractivity contribution in [3.05, 3.63) is 108 Å². The summed E-state index contributed by atoms with van der Waals surface area (Å²) in [5.74, 6) is 0.889. The van der Waals surface area contributed by atoms with Gasteiger partial charge in [-0.2, -0.15) is 0 Å². The van der Waals surface area contributed by atoms with Crippen molar-refractivity contribution in [2.45, 2.75) is 19.7 Å². The molecule has 0 aliphatic carbocycles. The number of ether oxygens (including phenoxy) is 1. The summed E-state index contributed by atoms with van der Waals surface area (Å²) in [5.41, 5.74) is 4.82. The summed E-state index contributed by atoms with van der Waals surface area (Å²) in [4.78, 5) is 0. The van der Waals surface area contributed by atoms with Crippen molar-refractivity contribution in [2.75, 3.05) is 0 Å². The van der Waals surface area contributed by atoms with Crippen LogP contribution in [0.4, 0.5) is 0 Å². The molecule has 0 aliphatic heterocycles. The molecule has 0 spiro atoms. The van der Waals surface area contributed by atoms with Gasteiger partial charge in [-0.25, -0.2) is 0 Å². The van der Waals surface area contributed by atoms with Gasteiger partial charge in [0, 0.05) is 13.1 Å². The average Bonchev–Trinajstić information content (AvgIpc) is 2.68. The summed E-state index contributed by atoms with van der Waals surface area (Å²) < 4.78 is 5.85. The SMILES string of the molecule is C=Cc1ccc(COc2ccc(CNCc3ccccc3)cc2)cc1. The predicted molar refractivity (Wildman–Crippen MR) is 104 cm³/mol. The van der Waals surface area contributed by atoms with Crippen LogP contribution in [0.5, 0.6) is 5.75 Å². The molecule has 0 saturated carbocycles. The highest BCUT2D eigenvalue weighted by Crippen LogP contribution is 2.15. The molecule has 0 saturated heterocycles. The highest BCUT2D eigenvalue weighted by atomic mass is 16.5. The second-order valence-corrected chi connectivity index (χ2v) is 5.97. The van der Waals surface area contributed by atoms with Crippen LogP contribution in [0.1, 0.15) is 22.3 Å². The first-order chi connectivity index (χ1) is 12.3. The van der Waals surface area contributed by atoms with Gasteiger partial charge in [-0.05, 0) is 34.4 Å². The Bertz CT molecular complexity index is 777. The molecular weight excluding hydrogens is 306 g/mol. The minimum atomic E-state index is 0.572. The van der Waals surface area contributed by atoms with Gasteiger partial charge in [0.15, 0.2) is 0 Å². The van der Waals surface area contributed by atoms with Gasteiger partial charge in [-0.15, -0.1) is 0 Å². The lowest BCUT2D eigenvalue weighted by atomic mass is 10.1. The van der Waals surface area contributed by atoms with E-state index < -0.39 is 0 Å². The zero-order valence-electron chi connectivity index (χ0n) is 14.3. The van der Waals surface area contributed by atoms with E-state index in [4.69, 9.17) is 4.74 Å². The van der Waals surface area contributed by atoms with Gasteiger partial charge < -0.3 is 10.1 Å². The Morgan fingerprint density at radius 2 is 1.32 bits per heavy atom. The van der Waals surface area contributed by atoms with Crippen LogP contribution in [-0.4, -0.2) is 0 Å². The first-order valence-electron chi connectivity index (χ1n) is 8.51. The van der Waals surface area contributed by atoms with Crippen molar-refractivity contribution < 1.29 is 4.74 Å². The molecule has 3 aromatic rings. The van der Waals surface area contributed by atoms with Crippen molar-refractivity contribution in [3.8, 4) is 5.75 Å². The smallest absolute Gasteiger partial charge is 0.119 e. The monoisotopic (exact) mass is 329 g/mol. The zero-order chi connectivity index (χ0) is 17.3. The molecule has 0 amide bonds. The normalized spacial score (nSPS) is 10.4. The molecular formula is C23H23NO. The van der Waals surface area contributed by atoms with Gasteiger partial charge in [0.2, 0.25) is 0 Å². The van der Waals surface area contributed by atoms with Crippen LogP contribution in [0.15, 0.2) is 85.4 Å². The van der Waals surface area contributed by atoms with Gasteiger partial charge in [0.25, 0.3) is 0 Å². The fraction of sp³-hybridized carbons (Fsp3) is 0.130. The summed E-state index contributed by atoms with van der Waals surface area (Å²) in [6.07, 6.45) is 1.84. The van der Waals surface area contributed by atoms with E-state index in [1.54, 1.807) is 0 Å². The standard InChI is InChI=1S/C23H23NO/c1-2-19-8-10-22(11-9-19)18-25-23-14-12-21(13-15-23)17-24-16-20-6-4-3-5-7-20/h2-15,24H,1,16-18H2. The maximum absolute atomic E-state index is 5.85. The van der Waals surface area contributed by atoms with Gasteiger partial charge in [-0.1, -0.05) is 79.4 Å². The third-order valence-corrected chi connectivity index (χ3v) is 4.05. The van der Waals surface area contributed by atoms with E-state index in [0.717, 1.165) is 30.0 Å². The lowest BCUT2D eigenvalue weighted by Gasteiger charge is -2.09. The van der Waals surface area contributed by atoms with E-state index in [2.05, 4.69) is 60.4 Å².